The smallest absolute Gasteiger partial charge is 0.0497 e. The molecule has 9 aromatic carbocycles. The molecule has 0 saturated heterocycles. The van der Waals surface area contributed by atoms with E-state index in [0.29, 0.717) is 0 Å². The summed E-state index contributed by atoms with van der Waals surface area (Å²) in [7, 11) is 0. The normalized spacial score (nSPS) is 12.3. The second-order valence-electron chi connectivity index (χ2n) is 19.2. The molecule has 1 aliphatic carbocycles. The molecule has 0 aliphatic heterocycles. The first-order valence-corrected chi connectivity index (χ1v) is 21.7. The van der Waals surface area contributed by atoms with Crippen LogP contribution in [0.2, 0.25) is 0 Å². The molecule has 0 amide bonds. The van der Waals surface area contributed by atoms with Gasteiger partial charge in [-0.05, 0) is 185 Å². The van der Waals surface area contributed by atoms with E-state index in [2.05, 4.69) is 236 Å². The largest absolute Gasteiger partial charge is 0.310 e. The van der Waals surface area contributed by atoms with E-state index in [1.165, 1.54) is 111 Å². The van der Waals surface area contributed by atoms with Crippen molar-refractivity contribution in [3.05, 3.63) is 198 Å². The van der Waals surface area contributed by atoms with E-state index in [1.54, 1.807) is 0 Å². The lowest BCUT2D eigenvalue weighted by atomic mass is 9.77. The highest BCUT2D eigenvalue weighted by Crippen LogP contribution is 2.52. The Labute approximate surface area is 362 Å². The third kappa shape index (κ3) is 6.93. The lowest BCUT2D eigenvalue weighted by Gasteiger charge is -2.30. The Bertz CT molecular complexity index is 3130. The third-order valence-corrected chi connectivity index (χ3v) is 12.9. The van der Waals surface area contributed by atoms with Crippen molar-refractivity contribution in [1.29, 1.82) is 0 Å². The summed E-state index contributed by atoms with van der Waals surface area (Å²) in [5.74, 6) is 0. The lowest BCUT2D eigenvalue weighted by Crippen LogP contribution is -2.13. The molecule has 0 unspecified atom stereocenters. The Morgan fingerprint density at radius 1 is 0.311 bits per heavy atom. The number of anilines is 3. The quantitative estimate of drug-likeness (QED) is 0.162. The van der Waals surface area contributed by atoms with Crippen LogP contribution in [0.4, 0.5) is 17.1 Å². The molecule has 0 fully saturated rings. The Morgan fingerprint density at radius 2 is 0.754 bits per heavy atom. The van der Waals surface area contributed by atoms with Crippen LogP contribution in [0.3, 0.4) is 0 Å². The van der Waals surface area contributed by atoms with Crippen LogP contribution in [-0.2, 0) is 10.8 Å². The first-order valence-electron chi connectivity index (χ1n) is 21.7. The van der Waals surface area contributed by atoms with E-state index in [1.807, 2.05) is 0 Å². The van der Waals surface area contributed by atoms with Gasteiger partial charge in [-0.1, -0.05) is 157 Å². The minimum Gasteiger partial charge on any atom is -0.310 e. The first kappa shape index (κ1) is 38.5. The van der Waals surface area contributed by atoms with Gasteiger partial charge in [0.25, 0.3) is 0 Å². The summed E-state index contributed by atoms with van der Waals surface area (Å²) < 4.78 is 0. The summed E-state index contributed by atoms with van der Waals surface area (Å²) in [6, 6.07) is 66.3. The Morgan fingerprint density at radius 3 is 1.28 bits per heavy atom. The van der Waals surface area contributed by atoms with E-state index in [-0.39, 0.29) is 10.8 Å². The third-order valence-electron chi connectivity index (χ3n) is 12.9. The van der Waals surface area contributed by atoms with Crippen LogP contribution in [0.25, 0.3) is 77.2 Å². The van der Waals surface area contributed by atoms with Crippen molar-refractivity contribution < 1.29 is 0 Å². The molecular formula is C60H53N. The van der Waals surface area contributed by atoms with Crippen molar-refractivity contribution in [2.75, 3.05) is 4.90 Å². The standard InChI is InChI=1S/C60H53N/c1-38-14-12-13-17-57(38)61(58-37-44(19-18-39(58)2)40-15-10-9-11-16-40)50-29-24-43-31-53-54(34-45(43)30-50)56-36-47-33-52(42-22-27-49(28-23-42)60(6,7)8)51(32-46(47)35-55(53)56)41-20-25-48(26-21-41)59(3,4)5/h9-37H,1-8H3. The van der Waals surface area contributed by atoms with Crippen LogP contribution in [0, 0.1) is 13.8 Å². The summed E-state index contributed by atoms with van der Waals surface area (Å²) in [6.07, 6.45) is 0. The minimum atomic E-state index is 0.0966. The maximum atomic E-state index is 2.45. The molecule has 0 heterocycles. The Hall–Kier alpha value is -6.70. The molecule has 1 heteroatoms. The summed E-state index contributed by atoms with van der Waals surface area (Å²) in [4.78, 5) is 2.45. The van der Waals surface area contributed by atoms with Gasteiger partial charge in [-0.2, -0.15) is 0 Å². The van der Waals surface area contributed by atoms with Crippen molar-refractivity contribution in [2.24, 2.45) is 0 Å². The number of hydrogen-bond acceptors (Lipinski definition) is 1. The number of fused-ring (bicyclic) bond motifs is 6. The second-order valence-corrected chi connectivity index (χ2v) is 19.2. The monoisotopic (exact) mass is 787 g/mol. The molecule has 0 N–H and O–H groups in total. The lowest BCUT2D eigenvalue weighted by molar-refractivity contribution is 0.590. The van der Waals surface area contributed by atoms with Gasteiger partial charge in [-0.15, -0.1) is 0 Å². The van der Waals surface area contributed by atoms with Gasteiger partial charge in [-0.25, -0.2) is 0 Å². The molecule has 0 atom stereocenters. The zero-order valence-electron chi connectivity index (χ0n) is 36.7. The maximum absolute atomic E-state index is 2.45. The van der Waals surface area contributed by atoms with Gasteiger partial charge in [0.05, 0.1) is 0 Å². The zero-order valence-corrected chi connectivity index (χ0v) is 36.7. The van der Waals surface area contributed by atoms with Crippen LogP contribution in [0.5, 0.6) is 0 Å². The zero-order chi connectivity index (χ0) is 42.2. The van der Waals surface area contributed by atoms with E-state index >= 15 is 0 Å². The molecule has 0 radical (unpaired) electrons. The number of aryl methyl sites for hydroxylation is 2. The minimum absolute atomic E-state index is 0.0966. The SMILES string of the molecule is Cc1ccccc1N(c1ccc2cc3c(cc2c1)-c1cc2cc(-c4ccc(C(C)(C)C)cc4)c(-c4ccc(C(C)(C)C)cc4)cc2cc1-3)c1cc(-c2ccccc2)ccc1C. The molecular weight excluding hydrogens is 735 g/mol. The number of rotatable bonds is 6. The van der Waals surface area contributed by atoms with Gasteiger partial charge in [-0.3, -0.25) is 0 Å². The van der Waals surface area contributed by atoms with Gasteiger partial charge in [0.15, 0.2) is 0 Å². The highest BCUT2D eigenvalue weighted by Gasteiger charge is 2.26. The highest BCUT2D eigenvalue weighted by molar-refractivity contribution is 6.13. The number of benzene rings is 9. The maximum Gasteiger partial charge on any atom is 0.0497 e. The van der Waals surface area contributed by atoms with E-state index in [4.69, 9.17) is 0 Å². The van der Waals surface area contributed by atoms with Gasteiger partial charge in [0, 0.05) is 17.1 Å². The van der Waals surface area contributed by atoms with E-state index < -0.39 is 0 Å². The molecule has 0 bridgehead atoms. The van der Waals surface area contributed by atoms with Gasteiger partial charge in [0.1, 0.15) is 0 Å². The van der Waals surface area contributed by atoms with Crippen LogP contribution in [-0.4, -0.2) is 0 Å². The molecule has 61 heavy (non-hydrogen) atoms. The van der Waals surface area contributed by atoms with Crippen molar-refractivity contribution >= 4 is 38.6 Å². The fraction of sp³-hybridized carbons (Fsp3) is 0.167. The molecule has 1 nitrogen and oxygen atoms in total. The summed E-state index contributed by atoms with van der Waals surface area (Å²) in [5, 5.41) is 5.03. The van der Waals surface area contributed by atoms with Gasteiger partial charge in [0.2, 0.25) is 0 Å². The van der Waals surface area contributed by atoms with Crippen LogP contribution in [0.15, 0.2) is 176 Å². The number of para-hydroxylation sites is 1. The van der Waals surface area contributed by atoms with Crippen LogP contribution >= 0.6 is 0 Å². The van der Waals surface area contributed by atoms with Crippen molar-refractivity contribution in [3.8, 4) is 55.6 Å². The highest BCUT2D eigenvalue weighted by atomic mass is 15.1. The fourth-order valence-electron chi connectivity index (χ4n) is 9.26. The van der Waals surface area contributed by atoms with Crippen molar-refractivity contribution in [2.45, 2.75) is 66.2 Å². The molecule has 10 rings (SSSR count). The van der Waals surface area contributed by atoms with Crippen molar-refractivity contribution in [1.82, 2.24) is 0 Å². The van der Waals surface area contributed by atoms with Gasteiger partial charge >= 0.3 is 0 Å². The number of hydrogen-bond donors (Lipinski definition) is 0. The predicted molar refractivity (Wildman–Crippen MR) is 264 cm³/mol. The Kier molecular flexibility index (Phi) is 9.15. The molecule has 9 aromatic rings. The number of nitrogens with zero attached hydrogens (tertiary/aromatic N) is 1. The second kappa shape index (κ2) is 14.5. The molecule has 0 aromatic heterocycles. The first-order chi connectivity index (χ1) is 29.3. The summed E-state index contributed by atoms with van der Waals surface area (Å²) >= 11 is 0. The topological polar surface area (TPSA) is 3.24 Å². The van der Waals surface area contributed by atoms with Crippen molar-refractivity contribution in [3.63, 3.8) is 0 Å². The van der Waals surface area contributed by atoms with Crippen LogP contribution in [0.1, 0.15) is 63.8 Å². The summed E-state index contributed by atoms with van der Waals surface area (Å²) in [6.45, 7) is 18.1. The van der Waals surface area contributed by atoms with Crippen LogP contribution < -0.4 is 4.90 Å². The van der Waals surface area contributed by atoms with E-state index in [9.17, 15) is 0 Å². The Balaban J connectivity index is 1.09. The molecule has 0 saturated carbocycles. The van der Waals surface area contributed by atoms with E-state index in [0.717, 1.165) is 5.69 Å². The predicted octanol–water partition coefficient (Wildman–Crippen LogP) is 17.3. The molecule has 298 valence electrons. The van der Waals surface area contributed by atoms with Gasteiger partial charge < -0.3 is 4.90 Å². The molecule has 1 aliphatic rings. The average Bonchev–Trinajstić information content (AvgIpc) is 3.26. The average molecular weight is 788 g/mol. The fourth-order valence-corrected chi connectivity index (χ4v) is 9.26. The molecule has 0 spiro atoms. The summed E-state index contributed by atoms with van der Waals surface area (Å²) in [5.41, 5.74) is 21.6.